The summed E-state index contributed by atoms with van der Waals surface area (Å²) in [6, 6.07) is 0. The van der Waals surface area contributed by atoms with Gasteiger partial charge in [-0.25, -0.2) is 4.98 Å². The lowest BCUT2D eigenvalue weighted by atomic mass is 9.85. The Labute approximate surface area is 143 Å². The van der Waals surface area contributed by atoms with E-state index in [-0.39, 0.29) is 12.0 Å². The van der Waals surface area contributed by atoms with Gasteiger partial charge in [-0.3, -0.25) is 9.89 Å². The first-order chi connectivity index (χ1) is 11.8. The first-order valence-corrected chi connectivity index (χ1v) is 9.57. The Morgan fingerprint density at radius 3 is 2.92 bits per heavy atom. The van der Waals surface area contributed by atoms with Crippen molar-refractivity contribution in [1.82, 2.24) is 20.1 Å². The minimum Gasteiger partial charge on any atom is -0.366 e. The maximum Gasteiger partial charge on any atom is 0.226 e. The summed E-state index contributed by atoms with van der Waals surface area (Å²) in [5.41, 5.74) is 0. The van der Waals surface area contributed by atoms with Crippen molar-refractivity contribution in [1.29, 1.82) is 0 Å². The van der Waals surface area contributed by atoms with Gasteiger partial charge in [0.2, 0.25) is 5.91 Å². The molecule has 0 aromatic carbocycles. The van der Waals surface area contributed by atoms with Crippen LogP contribution in [0.2, 0.25) is 0 Å². The Bertz CT molecular complexity index is 581. The molecule has 1 aromatic rings. The molecule has 2 heterocycles. The van der Waals surface area contributed by atoms with E-state index in [1.807, 2.05) is 11.8 Å². The summed E-state index contributed by atoms with van der Waals surface area (Å²) in [4.78, 5) is 19.3. The largest absolute Gasteiger partial charge is 0.366 e. The summed E-state index contributed by atoms with van der Waals surface area (Å²) >= 11 is 0. The summed E-state index contributed by atoms with van der Waals surface area (Å²) in [5.74, 6) is 3.61. The molecule has 24 heavy (non-hydrogen) atoms. The van der Waals surface area contributed by atoms with Crippen molar-refractivity contribution in [2.75, 3.05) is 19.7 Å². The molecule has 1 aromatic heterocycles. The summed E-state index contributed by atoms with van der Waals surface area (Å²) in [7, 11) is 0. The van der Waals surface area contributed by atoms with E-state index in [9.17, 15) is 4.79 Å². The number of carbonyl (C=O) groups is 1. The highest BCUT2D eigenvalue weighted by Crippen LogP contribution is 2.50. The number of rotatable bonds is 4. The fraction of sp³-hybridized carbons (Fsp3) is 0.833. The van der Waals surface area contributed by atoms with Crippen molar-refractivity contribution in [3.63, 3.8) is 0 Å². The average Bonchev–Trinajstić information content (AvgIpc) is 3.30. The van der Waals surface area contributed by atoms with Crippen LogP contribution in [0.25, 0.3) is 0 Å². The maximum atomic E-state index is 12.9. The Balaban J connectivity index is 1.35. The second-order valence-electron chi connectivity index (χ2n) is 7.54. The van der Waals surface area contributed by atoms with Gasteiger partial charge in [-0.15, -0.1) is 0 Å². The van der Waals surface area contributed by atoms with Gasteiger partial charge < -0.3 is 9.64 Å². The number of aromatic amines is 1. The molecule has 6 heteroatoms. The van der Waals surface area contributed by atoms with Gasteiger partial charge in [-0.05, 0) is 18.3 Å². The minimum atomic E-state index is -0.189. The first kappa shape index (κ1) is 16.1. The molecule has 2 saturated carbocycles. The van der Waals surface area contributed by atoms with Crippen molar-refractivity contribution in [3.05, 3.63) is 11.6 Å². The van der Waals surface area contributed by atoms with Crippen LogP contribution in [-0.4, -0.2) is 45.7 Å². The molecule has 0 radical (unpaired) electrons. The first-order valence-electron chi connectivity index (χ1n) is 9.57. The number of morpholine rings is 1. The van der Waals surface area contributed by atoms with Crippen LogP contribution < -0.4 is 0 Å². The molecule has 3 fully saturated rings. The van der Waals surface area contributed by atoms with E-state index in [0.29, 0.717) is 37.3 Å². The van der Waals surface area contributed by atoms with Crippen LogP contribution in [0.3, 0.4) is 0 Å². The molecule has 1 amide bonds. The van der Waals surface area contributed by atoms with Crippen molar-refractivity contribution in [2.24, 2.45) is 17.8 Å². The Hall–Kier alpha value is -1.43. The third-order valence-corrected chi connectivity index (χ3v) is 5.96. The van der Waals surface area contributed by atoms with Gasteiger partial charge in [0.05, 0.1) is 13.2 Å². The van der Waals surface area contributed by atoms with Crippen molar-refractivity contribution in [2.45, 2.75) is 58.0 Å². The number of carbonyl (C=O) groups excluding carboxylic acids is 1. The molecule has 0 spiro atoms. The maximum absolute atomic E-state index is 12.9. The normalized spacial score (nSPS) is 31.2. The number of hydrogen-bond donors (Lipinski definition) is 1. The molecule has 0 bridgehead atoms. The Kier molecular flexibility index (Phi) is 4.57. The molecule has 2 aliphatic carbocycles. The molecular weight excluding hydrogens is 304 g/mol. The Morgan fingerprint density at radius 1 is 1.33 bits per heavy atom. The van der Waals surface area contributed by atoms with Crippen LogP contribution in [0.5, 0.6) is 0 Å². The number of nitrogens with one attached hydrogen (secondary N) is 1. The predicted molar refractivity (Wildman–Crippen MR) is 89.2 cm³/mol. The molecular formula is C18H28N4O2. The molecule has 1 N–H and O–H groups in total. The highest BCUT2D eigenvalue weighted by Gasteiger charge is 2.49. The minimum absolute atomic E-state index is 0.189. The standard InChI is InChI=1S/C18H28N4O2/c1-2-16-19-17(21-20-16)15-11-22(8-9-24-15)18(23)14-10-13(14)12-6-4-3-5-7-12/h12-15H,2-11H2,1H3,(H,19,20,21)/t13-,14+,15-/m0/s1. The van der Waals surface area contributed by atoms with E-state index in [1.165, 1.54) is 32.1 Å². The van der Waals surface area contributed by atoms with Gasteiger partial charge in [0.25, 0.3) is 0 Å². The zero-order valence-corrected chi connectivity index (χ0v) is 14.5. The fourth-order valence-electron chi connectivity index (χ4n) is 4.43. The van der Waals surface area contributed by atoms with E-state index < -0.39 is 0 Å². The van der Waals surface area contributed by atoms with Crippen LogP contribution in [0, 0.1) is 17.8 Å². The van der Waals surface area contributed by atoms with Crippen LogP contribution in [0.1, 0.15) is 63.2 Å². The SMILES string of the molecule is CCc1nc([C@@H]2CN(C(=O)[C@@H]3C[C@H]3C3CCCCC3)CCO2)n[nH]1. The number of aromatic nitrogens is 3. The highest BCUT2D eigenvalue weighted by atomic mass is 16.5. The molecule has 3 atom stereocenters. The molecule has 3 aliphatic rings. The van der Waals surface area contributed by atoms with Crippen molar-refractivity contribution in [3.8, 4) is 0 Å². The molecule has 6 nitrogen and oxygen atoms in total. The number of aryl methyl sites for hydroxylation is 1. The lowest BCUT2D eigenvalue weighted by Gasteiger charge is -2.32. The lowest BCUT2D eigenvalue weighted by molar-refractivity contribution is -0.141. The predicted octanol–water partition coefficient (Wildman–Crippen LogP) is 2.48. The second kappa shape index (κ2) is 6.82. The number of amides is 1. The van der Waals surface area contributed by atoms with E-state index in [1.54, 1.807) is 0 Å². The fourth-order valence-corrected chi connectivity index (χ4v) is 4.43. The van der Waals surface area contributed by atoms with Gasteiger partial charge >= 0.3 is 0 Å². The molecule has 1 aliphatic heterocycles. The van der Waals surface area contributed by atoms with Gasteiger partial charge in [0.15, 0.2) is 5.82 Å². The van der Waals surface area contributed by atoms with Crippen LogP contribution >= 0.6 is 0 Å². The second-order valence-corrected chi connectivity index (χ2v) is 7.54. The Morgan fingerprint density at radius 2 is 2.17 bits per heavy atom. The smallest absolute Gasteiger partial charge is 0.226 e. The number of ether oxygens (including phenoxy) is 1. The van der Waals surface area contributed by atoms with Crippen LogP contribution in [0.4, 0.5) is 0 Å². The molecule has 0 unspecified atom stereocenters. The summed E-state index contributed by atoms with van der Waals surface area (Å²) in [6.07, 6.45) is 8.49. The van der Waals surface area contributed by atoms with Crippen molar-refractivity contribution >= 4 is 5.91 Å². The molecule has 4 rings (SSSR count). The summed E-state index contributed by atoms with van der Waals surface area (Å²) in [6.45, 7) is 3.91. The average molecular weight is 332 g/mol. The summed E-state index contributed by atoms with van der Waals surface area (Å²) < 4.78 is 5.81. The van der Waals surface area contributed by atoms with E-state index in [4.69, 9.17) is 4.74 Å². The van der Waals surface area contributed by atoms with Gasteiger partial charge in [0.1, 0.15) is 11.9 Å². The van der Waals surface area contributed by atoms with E-state index >= 15 is 0 Å². The van der Waals surface area contributed by atoms with Crippen LogP contribution in [0.15, 0.2) is 0 Å². The highest BCUT2D eigenvalue weighted by molar-refractivity contribution is 5.81. The zero-order chi connectivity index (χ0) is 16.5. The summed E-state index contributed by atoms with van der Waals surface area (Å²) in [5, 5.41) is 7.19. The topological polar surface area (TPSA) is 71.1 Å². The number of H-pyrrole nitrogens is 1. The number of hydrogen-bond acceptors (Lipinski definition) is 4. The van der Waals surface area contributed by atoms with E-state index in [2.05, 4.69) is 15.2 Å². The van der Waals surface area contributed by atoms with E-state index in [0.717, 1.165) is 24.6 Å². The van der Waals surface area contributed by atoms with Crippen LogP contribution in [-0.2, 0) is 16.0 Å². The number of nitrogens with zero attached hydrogens (tertiary/aromatic N) is 3. The third kappa shape index (κ3) is 3.21. The molecule has 1 saturated heterocycles. The van der Waals surface area contributed by atoms with Gasteiger partial charge in [-0.1, -0.05) is 39.0 Å². The zero-order valence-electron chi connectivity index (χ0n) is 14.5. The quantitative estimate of drug-likeness (QED) is 0.919. The monoisotopic (exact) mass is 332 g/mol. The lowest BCUT2D eigenvalue weighted by Crippen LogP contribution is -2.43. The van der Waals surface area contributed by atoms with Crippen molar-refractivity contribution < 1.29 is 9.53 Å². The van der Waals surface area contributed by atoms with Gasteiger partial charge in [0, 0.05) is 18.9 Å². The van der Waals surface area contributed by atoms with Gasteiger partial charge in [-0.2, -0.15) is 5.10 Å². The third-order valence-electron chi connectivity index (χ3n) is 5.96. The molecule has 132 valence electrons.